The van der Waals surface area contributed by atoms with Gasteiger partial charge in [-0.1, -0.05) is 30.7 Å². The van der Waals surface area contributed by atoms with Crippen LogP contribution in [0.3, 0.4) is 0 Å². The summed E-state index contributed by atoms with van der Waals surface area (Å²) < 4.78 is -0.237. The van der Waals surface area contributed by atoms with Crippen molar-refractivity contribution in [1.82, 2.24) is 5.48 Å². The Morgan fingerprint density at radius 1 is 1.17 bits per heavy atom. The summed E-state index contributed by atoms with van der Waals surface area (Å²) >= 11 is 3.54. The molecule has 1 atom stereocenters. The van der Waals surface area contributed by atoms with Crippen LogP contribution in [0.15, 0.2) is 36.4 Å². The largest absolute Gasteiger partial charge is 0.392 e. The van der Waals surface area contributed by atoms with Crippen LogP contribution in [0.4, 0.5) is 0 Å². The van der Waals surface area contributed by atoms with Crippen LogP contribution in [-0.2, 0) is 16.1 Å². The van der Waals surface area contributed by atoms with E-state index in [9.17, 15) is 4.79 Å². The van der Waals surface area contributed by atoms with E-state index in [-0.39, 0.29) is 17.3 Å². The number of benzene rings is 1. The highest BCUT2D eigenvalue weighted by atomic mass is 32.2. The van der Waals surface area contributed by atoms with Crippen LogP contribution in [0.5, 0.6) is 0 Å². The lowest BCUT2D eigenvalue weighted by Gasteiger charge is -2.35. The molecule has 2 aromatic rings. The second-order valence-electron chi connectivity index (χ2n) is 6.03. The van der Waals surface area contributed by atoms with Crippen LogP contribution < -0.4 is 5.48 Å². The van der Waals surface area contributed by atoms with Crippen molar-refractivity contribution < 1.29 is 15.1 Å². The molecule has 0 saturated carbocycles. The normalized spacial score (nSPS) is 20.8. The van der Waals surface area contributed by atoms with Gasteiger partial charge < -0.3 is 5.11 Å². The van der Waals surface area contributed by atoms with Crippen LogP contribution in [-0.4, -0.2) is 22.0 Å². The Bertz CT molecular complexity index is 691. The maximum Gasteiger partial charge on any atom is 0.245 e. The molecule has 6 heteroatoms. The Hall–Kier alpha value is -1.34. The molecular weight excluding hydrogens is 342 g/mol. The summed E-state index contributed by atoms with van der Waals surface area (Å²) in [5.41, 5.74) is 3.80. The van der Waals surface area contributed by atoms with Crippen molar-refractivity contribution in [2.24, 2.45) is 0 Å². The third-order valence-electron chi connectivity index (χ3n) is 4.40. The minimum atomic E-state index is -0.327. The van der Waals surface area contributed by atoms with Gasteiger partial charge in [-0.25, -0.2) is 5.48 Å². The summed E-state index contributed by atoms with van der Waals surface area (Å²) in [6.07, 6.45) is 3.53. The topological polar surface area (TPSA) is 69.6 Å². The van der Waals surface area contributed by atoms with E-state index in [0.29, 0.717) is 6.42 Å². The standard InChI is InChI=1S/C18H21NO3S2/c20-12-13-3-5-14(6-4-13)15-7-8-16(24-15)18(11-17(21)19-22)9-1-2-10-23-18/h3-8,20,22H,1-2,9-12H2,(H,19,21)/t18-/m0/s1. The fraction of sp³-hybridized carbons (Fsp3) is 0.389. The molecule has 4 nitrogen and oxygen atoms in total. The van der Waals surface area contributed by atoms with Gasteiger partial charge in [0.15, 0.2) is 0 Å². The number of thioether (sulfide) groups is 1. The van der Waals surface area contributed by atoms with E-state index in [2.05, 4.69) is 12.1 Å². The van der Waals surface area contributed by atoms with Crippen molar-refractivity contribution in [3.05, 3.63) is 46.8 Å². The third-order valence-corrected chi connectivity index (χ3v) is 7.48. The first-order chi connectivity index (χ1) is 11.7. The monoisotopic (exact) mass is 363 g/mol. The maximum absolute atomic E-state index is 11.8. The van der Waals surface area contributed by atoms with Crippen molar-refractivity contribution in [2.75, 3.05) is 5.75 Å². The average Bonchev–Trinajstić information content (AvgIpc) is 3.13. The average molecular weight is 364 g/mol. The van der Waals surface area contributed by atoms with Crippen molar-refractivity contribution in [1.29, 1.82) is 0 Å². The molecule has 3 rings (SSSR count). The van der Waals surface area contributed by atoms with Crippen molar-refractivity contribution in [3.8, 4) is 10.4 Å². The highest BCUT2D eigenvalue weighted by molar-refractivity contribution is 8.00. The number of aliphatic hydroxyl groups is 1. The number of carbonyl (C=O) groups is 1. The third kappa shape index (κ3) is 3.67. The second-order valence-corrected chi connectivity index (χ2v) is 8.59. The van der Waals surface area contributed by atoms with E-state index >= 15 is 0 Å². The molecule has 1 fully saturated rings. The fourth-order valence-corrected chi connectivity index (χ4v) is 5.98. The van der Waals surface area contributed by atoms with Gasteiger partial charge in [0, 0.05) is 16.2 Å². The highest BCUT2D eigenvalue weighted by Crippen LogP contribution is 2.50. The molecule has 24 heavy (non-hydrogen) atoms. The van der Waals surface area contributed by atoms with E-state index in [1.807, 2.05) is 36.0 Å². The van der Waals surface area contributed by atoms with E-state index in [1.54, 1.807) is 16.8 Å². The number of aliphatic hydroxyl groups excluding tert-OH is 1. The van der Waals surface area contributed by atoms with Crippen molar-refractivity contribution >= 4 is 29.0 Å². The summed E-state index contributed by atoms with van der Waals surface area (Å²) in [5.74, 6) is 0.712. The van der Waals surface area contributed by atoms with Crippen LogP contribution >= 0.6 is 23.1 Å². The van der Waals surface area contributed by atoms with Gasteiger partial charge in [0.05, 0.1) is 11.4 Å². The summed E-state index contributed by atoms with van der Waals surface area (Å²) in [4.78, 5) is 14.2. The van der Waals surface area contributed by atoms with Gasteiger partial charge in [0.1, 0.15) is 0 Å². The molecule has 1 aromatic carbocycles. The number of nitrogens with one attached hydrogen (secondary N) is 1. The molecule has 2 heterocycles. The number of thiophene rings is 1. The van der Waals surface area contributed by atoms with E-state index in [1.165, 1.54) is 11.3 Å². The number of hydrogen-bond donors (Lipinski definition) is 3. The number of hydrogen-bond acceptors (Lipinski definition) is 5. The Morgan fingerprint density at radius 3 is 2.58 bits per heavy atom. The van der Waals surface area contributed by atoms with E-state index in [0.717, 1.165) is 34.6 Å². The Balaban J connectivity index is 1.89. The number of hydroxylamine groups is 1. The summed E-state index contributed by atoms with van der Waals surface area (Å²) in [5, 5.41) is 18.1. The highest BCUT2D eigenvalue weighted by Gasteiger charge is 2.38. The van der Waals surface area contributed by atoms with Crippen LogP contribution in [0.2, 0.25) is 0 Å². The van der Waals surface area contributed by atoms with Crippen molar-refractivity contribution in [2.45, 2.75) is 37.0 Å². The quantitative estimate of drug-likeness (QED) is 0.556. The number of amides is 1. The predicted molar refractivity (Wildman–Crippen MR) is 98.2 cm³/mol. The summed E-state index contributed by atoms with van der Waals surface area (Å²) in [6, 6.07) is 12.1. The molecule has 0 unspecified atom stereocenters. The molecule has 1 aliphatic heterocycles. The zero-order chi connectivity index (χ0) is 17.0. The molecule has 3 N–H and O–H groups in total. The Morgan fingerprint density at radius 2 is 1.96 bits per heavy atom. The SMILES string of the molecule is O=C(C[C@]1(c2ccc(-c3ccc(CO)cc3)s2)CCCCS1)NO. The molecule has 0 spiro atoms. The number of carbonyl (C=O) groups excluding carboxylic acids is 1. The molecule has 1 aromatic heterocycles. The lowest BCUT2D eigenvalue weighted by Crippen LogP contribution is -2.32. The molecule has 0 radical (unpaired) electrons. The van der Waals surface area contributed by atoms with E-state index in [4.69, 9.17) is 10.3 Å². The molecule has 1 saturated heterocycles. The minimum absolute atomic E-state index is 0.0476. The molecular formula is C18H21NO3S2. The van der Waals surface area contributed by atoms with Crippen molar-refractivity contribution in [3.63, 3.8) is 0 Å². The number of rotatable bonds is 5. The van der Waals surface area contributed by atoms with Gasteiger partial charge in [0.2, 0.25) is 5.91 Å². The molecule has 0 aliphatic carbocycles. The molecule has 0 bridgehead atoms. The lowest BCUT2D eigenvalue weighted by atomic mass is 9.94. The zero-order valence-electron chi connectivity index (χ0n) is 13.3. The summed E-state index contributed by atoms with van der Waals surface area (Å²) in [6.45, 7) is 0.0476. The first kappa shape index (κ1) is 17.5. The molecule has 1 amide bonds. The Labute approximate surface area is 149 Å². The maximum atomic E-state index is 11.8. The van der Waals surface area contributed by atoms with Gasteiger partial charge in [-0.15, -0.1) is 23.1 Å². The van der Waals surface area contributed by atoms with Gasteiger partial charge in [-0.2, -0.15) is 0 Å². The Kier molecular flexibility index (Phi) is 5.61. The molecule has 128 valence electrons. The minimum Gasteiger partial charge on any atom is -0.392 e. The van der Waals surface area contributed by atoms with E-state index < -0.39 is 0 Å². The van der Waals surface area contributed by atoms with Gasteiger partial charge in [0.25, 0.3) is 0 Å². The lowest BCUT2D eigenvalue weighted by molar-refractivity contribution is -0.129. The zero-order valence-corrected chi connectivity index (χ0v) is 15.0. The van der Waals surface area contributed by atoms with Gasteiger partial charge >= 0.3 is 0 Å². The smallest absolute Gasteiger partial charge is 0.245 e. The first-order valence-corrected chi connectivity index (χ1v) is 9.84. The fourth-order valence-electron chi connectivity index (χ4n) is 3.08. The van der Waals surface area contributed by atoms with Crippen LogP contribution in [0.1, 0.15) is 36.1 Å². The van der Waals surface area contributed by atoms with Gasteiger partial charge in [-0.3, -0.25) is 10.0 Å². The predicted octanol–water partition coefficient (Wildman–Crippen LogP) is 3.92. The first-order valence-electron chi connectivity index (χ1n) is 8.04. The van der Waals surface area contributed by atoms with Crippen LogP contribution in [0.25, 0.3) is 10.4 Å². The summed E-state index contributed by atoms with van der Waals surface area (Å²) in [7, 11) is 0. The molecule has 1 aliphatic rings. The van der Waals surface area contributed by atoms with Crippen LogP contribution in [0, 0.1) is 0 Å². The van der Waals surface area contributed by atoms with Gasteiger partial charge in [-0.05, 0) is 41.9 Å². The second kappa shape index (κ2) is 7.70.